The maximum Gasteiger partial charge on any atom is 1.00 e. The van der Waals surface area contributed by atoms with Gasteiger partial charge in [-0.1, -0.05) is 85.6 Å². The number of sulfone groups is 2. The van der Waals surface area contributed by atoms with Crippen molar-refractivity contribution in [2.45, 2.75) is 72.0 Å². The van der Waals surface area contributed by atoms with E-state index in [9.17, 15) is 51.6 Å². The summed E-state index contributed by atoms with van der Waals surface area (Å²) in [5, 5.41) is 31.1. The Bertz CT molecular complexity index is 2480. The van der Waals surface area contributed by atoms with Crippen LogP contribution in [0.25, 0.3) is 0 Å². The van der Waals surface area contributed by atoms with Gasteiger partial charge in [0, 0.05) is 23.4 Å². The van der Waals surface area contributed by atoms with Crippen molar-refractivity contribution >= 4 is 89.0 Å². The first-order valence-electron chi connectivity index (χ1n) is 17.0. The van der Waals surface area contributed by atoms with Gasteiger partial charge in [0.1, 0.15) is 4.90 Å². The zero-order valence-electron chi connectivity index (χ0n) is 34.7. The van der Waals surface area contributed by atoms with Crippen LogP contribution in [0.1, 0.15) is 43.0 Å². The van der Waals surface area contributed by atoms with Crippen molar-refractivity contribution in [1.82, 2.24) is 9.97 Å². The maximum atomic E-state index is 12.4. The molecular formula is C37H41Cl3FN6NaO10S3. The molecular weight excluding hydrogens is 933 g/mol. The van der Waals surface area contributed by atoms with Crippen LogP contribution in [0, 0.1) is 36.2 Å². The number of nitro benzene ring substituents is 3. The summed E-state index contributed by atoms with van der Waals surface area (Å²) in [5.41, 5.74) is 5.22. The number of nitrogens with two attached hydrogens (primary N) is 1. The second kappa shape index (κ2) is 27.2. The number of hydrogen-bond donors (Lipinski definition) is 1. The summed E-state index contributed by atoms with van der Waals surface area (Å²) < 4.78 is 59.2. The first-order valence-corrected chi connectivity index (χ1v) is 22.1. The van der Waals surface area contributed by atoms with Crippen LogP contribution in [0.2, 0.25) is 15.5 Å². The number of thioether (sulfide) groups is 1. The maximum absolute atomic E-state index is 12.4. The van der Waals surface area contributed by atoms with Gasteiger partial charge in [0.15, 0.2) is 24.8 Å². The molecule has 0 amide bonds. The van der Waals surface area contributed by atoms with Gasteiger partial charge in [-0.15, -0.1) is 11.8 Å². The minimum absolute atomic E-state index is 0. The average Bonchev–Trinajstić information content (AvgIpc) is 3.17. The Balaban J connectivity index is 0. The molecule has 0 saturated carbocycles. The number of halogens is 4. The molecule has 0 radical (unpaired) electrons. The quantitative estimate of drug-likeness (QED) is 0.0284. The monoisotopic (exact) mass is 972 g/mol. The summed E-state index contributed by atoms with van der Waals surface area (Å²) in [6.45, 7) is 10.3. The molecule has 0 bridgehead atoms. The van der Waals surface area contributed by atoms with E-state index in [1.807, 2.05) is 19.9 Å². The molecule has 0 aliphatic carbocycles. The second-order valence-electron chi connectivity index (χ2n) is 12.3. The number of aromatic nitrogens is 2. The molecule has 4 aromatic carbocycles. The second-order valence-corrected chi connectivity index (χ2v) is 20.0. The van der Waals surface area contributed by atoms with Crippen molar-refractivity contribution in [1.29, 1.82) is 0 Å². The molecule has 16 nitrogen and oxygen atoms in total. The molecule has 0 spiro atoms. The summed E-state index contributed by atoms with van der Waals surface area (Å²) in [6, 6.07) is 23.7. The predicted molar refractivity (Wildman–Crippen MR) is 234 cm³/mol. The number of nitrogen functional groups attached to an aromatic ring is 1. The van der Waals surface area contributed by atoms with E-state index < -0.39 is 51.5 Å². The van der Waals surface area contributed by atoms with Crippen molar-refractivity contribution in [3.63, 3.8) is 0 Å². The number of nitrogens with zero attached hydrogens (tertiary/aromatic N) is 5. The van der Waals surface area contributed by atoms with Crippen molar-refractivity contribution in [2.24, 2.45) is 0 Å². The summed E-state index contributed by atoms with van der Waals surface area (Å²) in [6.07, 6.45) is 1.35. The van der Waals surface area contributed by atoms with E-state index in [0.717, 1.165) is 17.0 Å². The van der Waals surface area contributed by atoms with Crippen LogP contribution in [0.5, 0.6) is 0 Å². The van der Waals surface area contributed by atoms with Gasteiger partial charge in [-0.3, -0.25) is 30.3 Å². The topological polar surface area (TPSA) is 249 Å². The Kier molecular flexibility index (Phi) is 25.4. The summed E-state index contributed by atoms with van der Waals surface area (Å²) >= 11 is 17.8. The number of rotatable bonds is 9. The molecule has 326 valence electrons. The van der Waals surface area contributed by atoms with Crippen molar-refractivity contribution in [2.75, 3.05) is 5.73 Å². The molecule has 1 aromatic heterocycles. The van der Waals surface area contributed by atoms with Gasteiger partial charge < -0.3 is 7.16 Å². The zero-order chi connectivity index (χ0) is 46.0. The van der Waals surface area contributed by atoms with Crippen molar-refractivity contribution in [3.8, 4) is 0 Å². The number of benzene rings is 4. The van der Waals surface area contributed by atoms with Gasteiger partial charge in [0.2, 0.25) is 11.1 Å². The Hall–Kier alpha value is -3.99. The standard InChI is InChI=1S/C9H11NO4S.C9H13NO2S.C9H11NO2S.C6H4FNO2.C4HCl3N2.Na.H/c1-7(2)15(13,14)9-6-4-3-5-8(9)10(11)12;1-7(2)13(11,12)9-6-4-3-5-8(9)10;1-7(2)13-9-6-4-3-5-8(9)10(11)12;7-5-3-1-2-4-6(5)8(9)10;5-2-1-8-4(7)9-3(2)6;;/h3-7H,1-2H3;3-7H,10H2,1-2H3;3-7H,1-2H3;1-4H;1H;;/q;;;;;+1;-1. The minimum Gasteiger partial charge on any atom is -1.00 e. The fourth-order valence-electron chi connectivity index (χ4n) is 3.98. The molecule has 0 saturated heterocycles. The van der Waals surface area contributed by atoms with E-state index in [-0.39, 0.29) is 67.5 Å². The zero-order valence-corrected chi connectivity index (χ0v) is 40.4. The third kappa shape index (κ3) is 18.9. The summed E-state index contributed by atoms with van der Waals surface area (Å²) in [5.74, 6) is -0.799. The normalized spacial score (nSPS) is 10.6. The molecule has 2 N–H and O–H groups in total. The number of hydrogen-bond acceptors (Lipinski definition) is 14. The van der Waals surface area contributed by atoms with Crippen LogP contribution < -0.4 is 35.3 Å². The van der Waals surface area contributed by atoms with Crippen LogP contribution in [-0.4, -0.2) is 57.3 Å². The molecule has 0 fully saturated rings. The Morgan fingerprint density at radius 2 is 1.07 bits per heavy atom. The van der Waals surface area contributed by atoms with E-state index in [1.165, 1.54) is 80.3 Å². The Morgan fingerprint density at radius 1 is 0.656 bits per heavy atom. The molecule has 5 aromatic rings. The van der Waals surface area contributed by atoms with Crippen LogP contribution in [0.15, 0.2) is 118 Å². The molecule has 0 atom stereocenters. The van der Waals surface area contributed by atoms with E-state index >= 15 is 0 Å². The molecule has 0 aliphatic rings. The van der Waals surface area contributed by atoms with Gasteiger partial charge in [0.25, 0.3) is 11.4 Å². The smallest absolute Gasteiger partial charge is 1.00 e. The first kappa shape index (κ1) is 57.0. The predicted octanol–water partition coefficient (Wildman–Crippen LogP) is 7.61. The van der Waals surface area contributed by atoms with Crippen LogP contribution in [0.3, 0.4) is 0 Å². The molecule has 61 heavy (non-hydrogen) atoms. The van der Waals surface area contributed by atoms with Crippen molar-refractivity contribution < 1.29 is 67.0 Å². The van der Waals surface area contributed by atoms with Gasteiger partial charge >= 0.3 is 35.2 Å². The first-order chi connectivity index (χ1) is 27.9. The van der Waals surface area contributed by atoms with Gasteiger partial charge in [-0.2, -0.15) is 4.39 Å². The Labute approximate surface area is 395 Å². The molecule has 0 unspecified atom stereocenters. The summed E-state index contributed by atoms with van der Waals surface area (Å²) in [7, 11) is -6.83. The fourth-order valence-corrected chi connectivity index (χ4v) is 7.69. The number of anilines is 1. The number of nitro groups is 3. The van der Waals surface area contributed by atoms with E-state index in [0.29, 0.717) is 16.0 Å². The average molecular weight is 974 g/mol. The fraction of sp³-hybridized carbons (Fsp3) is 0.243. The molecule has 0 aliphatic heterocycles. The van der Waals surface area contributed by atoms with Gasteiger partial charge in [0.05, 0.1) is 52.0 Å². The van der Waals surface area contributed by atoms with Crippen LogP contribution in [-0.2, 0) is 19.7 Å². The van der Waals surface area contributed by atoms with Crippen molar-refractivity contribution in [3.05, 3.63) is 155 Å². The molecule has 24 heteroatoms. The minimum atomic E-state index is -3.59. The Morgan fingerprint density at radius 3 is 1.48 bits per heavy atom. The summed E-state index contributed by atoms with van der Waals surface area (Å²) in [4.78, 5) is 37.3. The van der Waals surface area contributed by atoms with Crippen LogP contribution >= 0.6 is 46.6 Å². The van der Waals surface area contributed by atoms with Crippen LogP contribution in [0.4, 0.5) is 27.1 Å². The molecule has 1 heterocycles. The van der Waals surface area contributed by atoms with E-state index in [4.69, 9.17) is 40.5 Å². The largest absolute Gasteiger partial charge is 1.00 e. The number of para-hydroxylation sites is 4. The third-order valence-electron chi connectivity index (χ3n) is 6.98. The van der Waals surface area contributed by atoms with E-state index in [1.54, 1.807) is 44.2 Å². The van der Waals surface area contributed by atoms with Gasteiger partial charge in [-0.05, 0) is 69.6 Å². The third-order valence-corrected chi connectivity index (χ3v) is 13.3. The SMILES string of the molecule is CC(C)S(=O)(=O)c1ccccc1N.CC(C)S(=O)(=O)c1ccccc1[N+](=O)[O-].CC(C)Sc1ccccc1[N+](=O)[O-].Clc1ncc(Cl)c(Cl)n1.O=[N+]([O-])c1ccccc1F.[H-].[Na+]. The van der Waals surface area contributed by atoms with E-state index in [2.05, 4.69) is 9.97 Å². The van der Waals surface area contributed by atoms with Gasteiger partial charge in [-0.25, -0.2) is 26.8 Å². The molecule has 5 rings (SSSR count).